The van der Waals surface area contributed by atoms with Gasteiger partial charge in [0.15, 0.2) is 0 Å². The van der Waals surface area contributed by atoms with E-state index in [9.17, 15) is 17.6 Å². The van der Waals surface area contributed by atoms with E-state index in [4.69, 9.17) is 5.26 Å². The summed E-state index contributed by atoms with van der Waals surface area (Å²) in [7, 11) is -0.579. The number of carbonyl (C=O) groups is 1. The Morgan fingerprint density at radius 3 is 2.30 bits per heavy atom. The van der Waals surface area contributed by atoms with Crippen LogP contribution in [0.3, 0.4) is 0 Å². The van der Waals surface area contributed by atoms with Crippen molar-refractivity contribution >= 4 is 21.6 Å². The number of carbonyl (C=O) groups excluding carboxylic acids is 1. The highest BCUT2D eigenvalue weighted by Gasteiger charge is 2.18. The molecule has 0 heterocycles. The third-order valence-electron chi connectivity index (χ3n) is 5.17. The zero-order valence-electron chi connectivity index (χ0n) is 18.6. The van der Waals surface area contributed by atoms with Crippen molar-refractivity contribution in [3.8, 4) is 17.2 Å². The number of anilines is 1. The highest BCUT2D eigenvalue weighted by Crippen LogP contribution is 2.26. The molecule has 0 spiro atoms. The lowest BCUT2D eigenvalue weighted by atomic mass is 10.0. The average molecular weight is 466 g/mol. The molecule has 0 saturated carbocycles. The Hall–Kier alpha value is -3.54. The fraction of sp³-hybridized carbons (Fsp3) is 0.200. The van der Waals surface area contributed by atoms with Crippen molar-refractivity contribution in [1.82, 2.24) is 4.31 Å². The Morgan fingerprint density at radius 2 is 1.70 bits per heavy atom. The molecule has 0 aliphatic carbocycles. The number of nitriles is 1. The number of halogens is 1. The molecule has 3 rings (SSSR count). The third kappa shape index (κ3) is 5.45. The van der Waals surface area contributed by atoms with Gasteiger partial charge in [0.25, 0.3) is 0 Å². The maximum Gasteiger partial charge on any atom is 0.242 e. The molecule has 33 heavy (non-hydrogen) atoms. The van der Waals surface area contributed by atoms with Gasteiger partial charge in [-0.1, -0.05) is 43.3 Å². The zero-order chi connectivity index (χ0) is 24.2. The number of hydrogen-bond donors (Lipinski definition) is 0. The van der Waals surface area contributed by atoms with E-state index < -0.39 is 15.8 Å². The van der Waals surface area contributed by atoms with Gasteiger partial charge in [-0.25, -0.2) is 17.1 Å². The number of amides is 1. The topological polar surface area (TPSA) is 81.5 Å². The van der Waals surface area contributed by atoms with E-state index in [1.807, 2.05) is 36.4 Å². The summed E-state index contributed by atoms with van der Waals surface area (Å²) < 4.78 is 40.0. The van der Waals surface area contributed by atoms with Crippen molar-refractivity contribution < 1.29 is 17.6 Å². The highest BCUT2D eigenvalue weighted by molar-refractivity contribution is 7.89. The van der Waals surface area contributed by atoms with E-state index in [1.165, 1.54) is 35.4 Å². The first-order chi connectivity index (χ1) is 15.6. The third-order valence-corrected chi connectivity index (χ3v) is 6.98. The van der Waals surface area contributed by atoms with E-state index >= 15 is 0 Å². The van der Waals surface area contributed by atoms with Crippen molar-refractivity contribution in [2.24, 2.45) is 0 Å². The van der Waals surface area contributed by atoms with Gasteiger partial charge in [0.1, 0.15) is 5.82 Å². The molecule has 0 saturated heterocycles. The van der Waals surface area contributed by atoms with Crippen LogP contribution in [-0.2, 0) is 21.4 Å². The van der Waals surface area contributed by atoms with Gasteiger partial charge in [0.2, 0.25) is 15.9 Å². The molecule has 170 valence electrons. The second kappa shape index (κ2) is 9.94. The summed E-state index contributed by atoms with van der Waals surface area (Å²) in [6.07, 6.45) is 0.226. The lowest BCUT2D eigenvalue weighted by molar-refractivity contribution is -0.118. The highest BCUT2D eigenvalue weighted by atomic mass is 32.2. The first kappa shape index (κ1) is 24.1. The molecule has 0 radical (unpaired) electrons. The van der Waals surface area contributed by atoms with E-state index in [0.717, 1.165) is 22.8 Å². The Bertz CT molecular complexity index is 1310. The van der Waals surface area contributed by atoms with Crippen LogP contribution >= 0.6 is 0 Å². The van der Waals surface area contributed by atoms with Crippen LogP contribution in [0.25, 0.3) is 11.1 Å². The standard InChI is InChI=1S/C25H24FN3O3S/c1-4-25(30)29(23-13-19(16-27)12-22(26)15-23)17-18-8-10-20(11-9-18)21-6-5-7-24(14-21)33(31,32)28(2)3/h5-15H,4,17H2,1-3H3. The second-order valence-electron chi connectivity index (χ2n) is 7.66. The van der Waals surface area contributed by atoms with Gasteiger partial charge in [-0.2, -0.15) is 5.26 Å². The molecule has 0 N–H and O–H groups in total. The average Bonchev–Trinajstić information content (AvgIpc) is 2.82. The normalized spacial score (nSPS) is 11.3. The smallest absolute Gasteiger partial charge is 0.242 e. The summed E-state index contributed by atoms with van der Waals surface area (Å²) in [6, 6.07) is 19.8. The van der Waals surface area contributed by atoms with Crippen LogP contribution in [0.1, 0.15) is 24.5 Å². The first-order valence-electron chi connectivity index (χ1n) is 10.3. The van der Waals surface area contributed by atoms with Gasteiger partial charge in [0.05, 0.1) is 23.1 Å². The lowest BCUT2D eigenvalue weighted by Gasteiger charge is -2.23. The van der Waals surface area contributed by atoms with E-state index in [1.54, 1.807) is 25.1 Å². The molecule has 6 nitrogen and oxygen atoms in total. The fourth-order valence-electron chi connectivity index (χ4n) is 3.34. The second-order valence-corrected chi connectivity index (χ2v) is 9.81. The minimum absolute atomic E-state index is 0.141. The molecule has 0 aromatic heterocycles. The molecule has 0 unspecified atom stereocenters. The summed E-state index contributed by atoms with van der Waals surface area (Å²) >= 11 is 0. The fourth-order valence-corrected chi connectivity index (χ4v) is 4.29. The maximum absolute atomic E-state index is 14.0. The molecule has 8 heteroatoms. The van der Waals surface area contributed by atoms with Crippen LogP contribution < -0.4 is 4.90 Å². The number of hydrogen-bond acceptors (Lipinski definition) is 4. The SMILES string of the molecule is CCC(=O)N(Cc1ccc(-c2cccc(S(=O)(=O)N(C)C)c2)cc1)c1cc(F)cc(C#N)c1. The summed E-state index contributed by atoms with van der Waals surface area (Å²) in [5.74, 6) is -0.781. The van der Waals surface area contributed by atoms with Gasteiger partial charge >= 0.3 is 0 Å². The number of benzene rings is 3. The minimum atomic E-state index is -3.55. The monoisotopic (exact) mass is 465 g/mol. The molecule has 3 aromatic carbocycles. The van der Waals surface area contributed by atoms with Gasteiger partial charge in [-0.3, -0.25) is 4.79 Å². The summed E-state index contributed by atoms with van der Waals surface area (Å²) in [5.41, 5.74) is 2.83. The largest absolute Gasteiger partial charge is 0.308 e. The Balaban J connectivity index is 1.90. The Kier molecular flexibility index (Phi) is 7.26. The first-order valence-corrected chi connectivity index (χ1v) is 11.7. The van der Waals surface area contributed by atoms with Crippen LogP contribution in [0.5, 0.6) is 0 Å². The van der Waals surface area contributed by atoms with Crippen LogP contribution in [0.4, 0.5) is 10.1 Å². The number of nitrogens with zero attached hydrogens (tertiary/aromatic N) is 3. The molecular formula is C25H24FN3O3S. The molecular weight excluding hydrogens is 441 g/mol. The quantitative estimate of drug-likeness (QED) is 0.512. The molecule has 1 amide bonds. The Morgan fingerprint density at radius 1 is 1.00 bits per heavy atom. The van der Waals surface area contributed by atoms with Crippen molar-refractivity contribution in [1.29, 1.82) is 5.26 Å². The van der Waals surface area contributed by atoms with Crippen molar-refractivity contribution in [2.75, 3.05) is 19.0 Å². The van der Waals surface area contributed by atoms with Crippen LogP contribution in [0.2, 0.25) is 0 Å². The van der Waals surface area contributed by atoms with Gasteiger partial charge in [0, 0.05) is 26.2 Å². The number of sulfonamides is 1. The van der Waals surface area contributed by atoms with E-state index in [2.05, 4.69) is 0 Å². The molecule has 0 aliphatic heterocycles. The molecule has 3 aromatic rings. The van der Waals surface area contributed by atoms with Crippen LogP contribution in [-0.4, -0.2) is 32.7 Å². The van der Waals surface area contributed by atoms with E-state index in [0.29, 0.717) is 5.69 Å². The van der Waals surface area contributed by atoms with E-state index in [-0.39, 0.29) is 29.3 Å². The van der Waals surface area contributed by atoms with Crippen molar-refractivity contribution in [3.05, 3.63) is 83.7 Å². The number of rotatable bonds is 7. The molecule has 0 bridgehead atoms. The van der Waals surface area contributed by atoms with Crippen LogP contribution in [0.15, 0.2) is 71.6 Å². The summed E-state index contributed by atoms with van der Waals surface area (Å²) in [4.78, 5) is 14.2. The van der Waals surface area contributed by atoms with Gasteiger partial charge in [-0.05, 0) is 47.0 Å². The Labute approximate surface area is 193 Å². The van der Waals surface area contributed by atoms with Crippen LogP contribution in [0, 0.1) is 17.1 Å². The minimum Gasteiger partial charge on any atom is -0.308 e. The predicted molar refractivity (Wildman–Crippen MR) is 125 cm³/mol. The predicted octanol–water partition coefficient (Wildman–Crippen LogP) is 4.56. The summed E-state index contributed by atoms with van der Waals surface area (Å²) in [5, 5.41) is 9.13. The zero-order valence-corrected chi connectivity index (χ0v) is 19.4. The lowest BCUT2D eigenvalue weighted by Crippen LogP contribution is -2.29. The molecule has 0 atom stereocenters. The van der Waals surface area contributed by atoms with Crippen molar-refractivity contribution in [3.63, 3.8) is 0 Å². The maximum atomic E-state index is 14.0. The van der Waals surface area contributed by atoms with Crippen molar-refractivity contribution in [2.45, 2.75) is 24.8 Å². The summed E-state index contributed by atoms with van der Waals surface area (Å²) in [6.45, 7) is 1.92. The van der Waals surface area contributed by atoms with Gasteiger partial charge in [-0.15, -0.1) is 0 Å². The molecule has 0 aliphatic rings. The van der Waals surface area contributed by atoms with Gasteiger partial charge < -0.3 is 4.90 Å². The molecule has 0 fully saturated rings.